The second kappa shape index (κ2) is 7.71. The molecule has 0 unspecified atom stereocenters. The Morgan fingerprint density at radius 3 is 1.78 bits per heavy atom. The number of halogens is 1. The average molecular weight is 431 g/mol. The molecular weight excluding hydrogens is 412 g/mol. The lowest BCUT2D eigenvalue weighted by atomic mass is 9.90. The summed E-state index contributed by atoms with van der Waals surface area (Å²) in [6, 6.07) is 39.8. The summed E-state index contributed by atoms with van der Waals surface area (Å²) in [5.41, 5.74) is 8.71. The molecule has 1 nitrogen and oxygen atoms in total. The van der Waals surface area contributed by atoms with E-state index in [1.165, 1.54) is 22.3 Å². The third-order valence-corrected chi connectivity index (χ3v) is 6.29. The molecule has 0 aliphatic carbocycles. The molecule has 32 heavy (non-hydrogen) atoms. The summed E-state index contributed by atoms with van der Waals surface area (Å²) in [7, 11) is 0. The first-order chi connectivity index (χ1) is 15.8. The zero-order chi connectivity index (χ0) is 21.5. The summed E-state index contributed by atoms with van der Waals surface area (Å²) in [6.45, 7) is 0. The molecule has 2 heteroatoms. The molecule has 0 radical (unpaired) electrons. The molecule has 0 spiro atoms. The fourth-order valence-electron chi connectivity index (χ4n) is 4.50. The Hall–Kier alpha value is -3.81. The van der Waals surface area contributed by atoms with Crippen LogP contribution in [0, 0.1) is 0 Å². The van der Waals surface area contributed by atoms with Gasteiger partial charge in [0.25, 0.3) is 0 Å². The Bertz CT molecular complexity index is 1560. The summed E-state index contributed by atoms with van der Waals surface area (Å²) >= 11 is 6.61. The molecule has 0 amide bonds. The molecule has 0 aliphatic rings. The third kappa shape index (κ3) is 3.10. The van der Waals surface area contributed by atoms with Crippen molar-refractivity contribution >= 4 is 33.5 Å². The van der Waals surface area contributed by atoms with Gasteiger partial charge in [0.15, 0.2) is 0 Å². The van der Waals surface area contributed by atoms with Crippen molar-refractivity contribution in [1.82, 2.24) is 0 Å². The Morgan fingerprint density at radius 1 is 0.438 bits per heavy atom. The van der Waals surface area contributed by atoms with Crippen molar-refractivity contribution in [2.45, 2.75) is 0 Å². The van der Waals surface area contributed by atoms with E-state index in [0.717, 1.165) is 33.1 Å². The number of hydrogen-bond acceptors (Lipinski definition) is 1. The number of furan rings is 1. The Labute approximate surface area is 191 Å². The number of fused-ring (bicyclic) bond motifs is 3. The van der Waals surface area contributed by atoms with Gasteiger partial charge in [-0.25, -0.2) is 0 Å². The predicted octanol–water partition coefficient (Wildman–Crippen LogP) is 9.24. The van der Waals surface area contributed by atoms with E-state index in [1.54, 1.807) is 0 Å². The van der Waals surface area contributed by atoms with Crippen LogP contribution >= 0.6 is 11.6 Å². The molecule has 6 aromatic rings. The fraction of sp³-hybridized carbons (Fsp3) is 0. The largest absolute Gasteiger partial charge is 0.456 e. The van der Waals surface area contributed by atoms with Crippen LogP contribution in [0.25, 0.3) is 55.3 Å². The smallest absolute Gasteiger partial charge is 0.136 e. The van der Waals surface area contributed by atoms with Crippen molar-refractivity contribution in [2.75, 3.05) is 0 Å². The molecule has 0 saturated carbocycles. The molecular formula is C30H19ClO. The van der Waals surface area contributed by atoms with Gasteiger partial charge in [-0.1, -0.05) is 103 Å². The lowest BCUT2D eigenvalue weighted by molar-refractivity contribution is 0.669. The normalized spacial score (nSPS) is 11.3. The van der Waals surface area contributed by atoms with Gasteiger partial charge in [0.1, 0.15) is 11.2 Å². The first-order valence-corrected chi connectivity index (χ1v) is 11.0. The van der Waals surface area contributed by atoms with Gasteiger partial charge in [-0.3, -0.25) is 0 Å². The average Bonchev–Trinajstić information content (AvgIpc) is 3.25. The van der Waals surface area contributed by atoms with Crippen LogP contribution in [0.1, 0.15) is 0 Å². The molecule has 152 valence electrons. The molecule has 1 aromatic heterocycles. The molecule has 1 heterocycles. The van der Waals surface area contributed by atoms with Crippen molar-refractivity contribution in [2.24, 2.45) is 0 Å². The number of hydrogen-bond donors (Lipinski definition) is 0. The first-order valence-electron chi connectivity index (χ1n) is 10.6. The number of benzene rings is 5. The highest BCUT2D eigenvalue weighted by atomic mass is 35.5. The first kappa shape index (κ1) is 18.9. The standard InChI is InChI=1S/C30H19ClO/c31-26-14-8-16-28-30(26)29-24(13-7-15-27(29)32-28)22-17-18-23(20-9-3-1-4-10-20)25(19-22)21-11-5-2-6-12-21/h1-19H. The molecule has 5 aromatic carbocycles. The van der Waals surface area contributed by atoms with Gasteiger partial charge in [0.05, 0.1) is 5.02 Å². The Morgan fingerprint density at radius 2 is 1.06 bits per heavy atom. The maximum atomic E-state index is 6.61. The van der Waals surface area contributed by atoms with Crippen LogP contribution in [0.15, 0.2) is 120 Å². The molecule has 0 aliphatic heterocycles. The lowest BCUT2D eigenvalue weighted by Gasteiger charge is -2.14. The fourth-order valence-corrected chi connectivity index (χ4v) is 4.76. The summed E-state index contributed by atoms with van der Waals surface area (Å²) in [5, 5.41) is 2.73. The maximum Gasteiger partial charge on any atom is 0.136 e. The summed E-state index contributed by atoms with van der Waals surface area (Å²) in [4.78, 5) is 0. The van der Waals surface area contributed by atoms with E-state index < -0.39 is 0 Å². The van der Waals surface area contributed by atoms with Crippen molar-refractivity contribution in [3.05, 3.63) is 120 Å². The molecule has 0 N–H and O–H groups in total. The zero-order valence-electron chi connectivity index (χ0n) is 17.3. The van der Waals surface area contributed by atoms with E-state index in [0.29, 0.717) is 5.02 Å². The van der Waals surface area contributed by atoms with E-state index >= 15 is 0 Å². The molecule has 0 fully saturated rings. The van der Waals surface area contributed by atoms with Crippen LogP contribution in [0.2, 0.25) is 5.02 Å². The van der Waals surface area contributed by atoms with Gasteiger partial charge >= 0.3 is 0 Å². The Kier molecular flexibility index (Phi) is 4.56. The third-order valence-electron chi connectivity index (χ3n) is 5.97. The van der Waals surface area contributed by atoms with Gasteiger partial charge in [-0.05, 0) is 57.6 Å². The van der Waals surface area contributed by atoms with Crippen molar-refractivity contribution in [1.29, 1.82) is 0 Å². The van der Waals surface area contributed by atoms with Gasteiger partial charge in [-0.15, -0.1) is 0 Å². The SMILES string of the molecule is Clc1cccc2oc3cccc(-c4ccc(-c5ccccc5)c(-c5ccccc5)c4)c3c12. The van der Waals surface area contributed by atoms with E-state index in [2.05, 4.69) is 84.9 Å². The highest BCUT2D eigenvalue weighted by Gasteiger charge is 2.16. The number of rotatable bonds is 3. The second-order valence-electron chi connectivity index (χ2n) is 7.89. The van der Waals surface area contributed by atoms with Crippen molar-refractivity contribution in [3.63, 3.8) is 0 Å². The topological polar surface area (TPSA) is 13.1 Å². The van der Waals surface area contributed by atoms with Gasteiger partial charge in [0, 0.05) is 10.8 Å². The second-order valence-corrected chi connectivity index (χ2v) is 8.29. The lowest BCUT2D eigenvalue weighted by Crippen LogP contribution is -1.88. The highest BCUT2D eigenvalue weighted by molar-refractivity contribution is 6.38. The summed E-state index contributed by atoms with van der Waals surface area (Å²) in [5.74, 6) is 0. The minimum Gasteiger partial charge on any atom is -0.456 e. The minimum absolute atomic E-state index is 0.706. The van der Waals surface area contributed by atoms with Crippen LogP contribution in [0.3, 0.4) is 0 Å². The predicted molar refractivity (Wildman–Crippen MR) is 135 cm³/mol. The van der Waals surface area contributed by atoms with Gasteiger partial charge < -0.3 is 4.42 Å². The van der Waals surface area contributed by atoms with E-state index in [9.17, 15) is 0 Å². The van der Waals surface area contributed by atoms with E-state index in [-0.39, 0.29) is 0 Å². The monoisotopic (exact) mass is 430 g/mol. The minimum atomic E-state index is 0.706. The van der Waals surface area contributed by atoms with E-state index in [4.69, 9.17) is 16.0 Å². The van der Waals surface area contributed by atoms with Crippen LogP contribution in [0.5, 0.6) is 0 Å². The molecule has 0 bridgehead atoms. The van der Waals surface area contributed by atoms with Crippen LogP contribution in [-0.2, 0) is 0 Å². The highest BCUT2D eigenvalue weighted by Crippen LogP contribution is 2.42. The van der Waals surface area contributed by atoms with Crippen LogP contribution in [0.4, 0.5) is 0 Å². The Balaban J connectivity index is 1.64. The maximum absolute atomic E-state index is 6.61. The summed E-state index contributed by atoms with van der Waals surface area (Å²) < 4.78 is 6.12. The van der Waals surface area contributed by atoms with Crippen molar-refractivity contribution in [3.8, 4) is 33.4 Å². The quantitative estimate of drug-likeness (QED) is 0.272. The summed E-state index contributed by atoms with van der Waals surface area (Å²) in [6.07, 6.45) is 0. The molecule has 6 rings (SSSR count). The zero-order valence-corrected chi connectivity index (χ0v) is 18.0. The van der Waals surface area contributed by atoms with Crippen molar-refractivity contribution < 1.29 is 4.42 Å². The molecule has 0 saturated heterocycles. The van der Waals surface area contributed by atoms with Crippen LogP contribution in [-0.4, -0.2) is 0 Å². The molecule has 0 atom stereocenters. The van der Waals surface area contributed by atoms with Gasteiger partial charge in [-0.2, -0.15) is 0 Å². The van der Waals surface area contributed by atoms with Gasteiger partial charge in [0.2, 0.25) is 0 Å². The van der Waals surface area contributed by atoms with E-state index in [1.807, 2.05) is 30.3 Å². The van der Waals surface area contributed by atoms with Crippen LogP contribution < -0.4 is 0 Å².